The fraction of sp³-hybridized carbons (Fsp3) is 0.238. The van der Waals surface area contributed by atoms with E-state index in [1.54, 1.807) is 7.05 Å². The quantitative estimate of drug-likeness (QED) is 0.548. The molecule has 0 saturated carbocycles. The molecule has 0 bridgehead atoms. The first kappa shape index (κ1) is 22.8. The lowest BCUT2D eigenvalue weighted by molar-refractivity contribution is -0.138. The van der Waals surface area contributed by atoms with E-state index in [1.165, 1.54) is 41.2 Å². The molecule has 1 heterocycles. The summed E-state index contributed by atoms with van der Waals surface area (Å²) in [5.41, 5.74) is 5.41. The summed E-state index contributed by atoms with van der Waals surface area (Å²) in [6, 6.07) is 8.14. The Hall–Kier alpha value is -2.91. The molecular formula is C21H19ClF4N4O. The second-order valence-electron chi connectivity index (χ2n) is 6.92. The highest BCUT2D eigenvalue weighted by molar-refractivity contribution is 6.33. The SMILES string of the molecule is Cn1ncc(Cl)c1-c1ccc(C(=O)N[C@H](CN)Cc2ccccc2C(F)(F)F)cc1F. The molecular weight excluding hydrogens is 436 g/mol. The van der Waals surface area contributed by atoms with Gasteiger partial charge in [0, 0.05) is 30.8 Å². The molecule has 0 spiro atoms. The Kier molecular flexibility index (Phi) is 6.66. The van der Waals surface area contributed by atoms with Crippen LogP contribution >= 0.6 is 11.6 Å². The van der Waals surface area contributed by atoms with Crippen LogP contribution in [-0.4, -0.2) is 28.3 Å². The summed E-state index contributed by atoms with van der Waals surface area (Å²) >= 11 is 6.04. The minimum absolute atomic E-state index is 0.00194. The summed E-state index contributed by atoms with van der Waals surface area (Å²) in [7, 11) is 1.60. The van der Waals surface area contributed by atoms with Crippen LogP contribution in [0.2, 0.25) is 5.02 Å². The van der Waals surface area contributed by atoms with Crippen molar-refractivity contribution < 1.29 is 22.4 Å². The number of carbonyl (C=O) groups excluding carboxylic acids is 1. The molecule has 164 valence electrons. The summed E-state index contributed by atoms with van der Waals surface area (Å²) in [6.07, 6.45) is -3.27. The Morgan fingerprint density at radius 3 is 2.55 bits per heavy atom. The average molecular weight is 455 g/mol. The van der Waals surface area contributed by atoms with Gasteiger partial charge in [0.05, 0.1) is 22.5 Å². The van der Waals surface area contributed by atoms with Gasteiger partial charge in [0.1, 0.15) is 5.82 Å². The number of carbonyl (C=O) groups is 1. The second-order valence-corrected chi connectivity index (χ2v) is 7.33. The van der Waals surface area contributed by atoms with Crippen LogP contribution in [0.4, 0.5) is 17.6 Å². The van der Waals surface area contributed by atoms with E-state index < -0.39 is 29.5 Å². The van der Waals surface area contributed by atoms with Gasteiger partial charge in [-0.15, -0.1) is 0 Å². The van der Waals surface area contributed by atoms with Crippen molar-refractivity contribution >= 4 is 17.5 Å². The van der Waals surface area contributed by atoms with Gasteiger partial charge in [0.25, 0.3) is 5.91 Å². The van der Waals surface area contributed by atoms with Gasteiger partial charge in [0.15, 0.2) is 0 Å². The fourth-order valence-electron chi connectivity index (χ4n) is 3.26. The van der Waals surface area contributed by atoms with Crippen LogP contribution in [-0.2, 0) is 19.6 Å². The van der Waals surface area contributed by atoms with Gasteiger partial charge in [-0.2, -0.15) is 18.3 Å². The van der Waals surface area contributed by atoms with E-state index in [-0.39, 0.29) is 34.7 Å². The third-order valence-electron chi connectivity index (χ3n) is 4.79. The van der Waals surface area contributed by atoms with Crippen LogP contribution in [0.3, 0.4) is 0 Å². The molecule has 3 rings (SSSR count). The zero-order chi connectivity index (χ0) is 22.8. The summed E-state index contributed by atoms with van der Waals surface area (Å²) in [5, 5.41) is 6.78. The van der Waals surface area contributed by atoms with Gasteiger partial charge in [-0.3, -0.25) is 9.48 Å². The molecule has 2 aromatic carbocycles. The number of rotatable bonds is 6. The number of aryl methyl sites for hydroxylation is 1. The predicted molar refractivity (Wildman–Crippen MR) is 109 cm³/mol. The van der Waals surface area contributed by atoms with Gasteiger partial charge >= 0.3 is 6.18 Å². The van der Waals surface area contributed by atoms with Gasteiger partial charge in [-0.25, -0.2) is 4.39 Å². The van der Waals surface area contributed by atoms with Crippen molar-refractivity contribution in [2.24, 2.45) is 12.8 Å². The van der Waals surface area contributed by atoms with E-state index in [0.29, 0.717) is 5.69 Å². The van der Waals surface area contributed by atoms with Gasteiger partial charge in [0.2, 0.25) is 0 Å². The number of halogens is 5. The summed E-state index contributed by atoms with van der Waals surface area (Å²) in [5.74, 6) is -1.34. The molecule has 1 atom stereocenters. The number of hydrogen-bond donors (Lipinski definition) is 2. The Morgan fingerprint density at radius 1 is 1.26 bits per heavy atom. The van der Waals surface area contributed by atoms with Crippen molar-refractivity contribution in [3.63, 3.8) is 0 Å². The molecule has 3 N–H and O–H groups in total. The van der Waals surface area contributed by atoms with Crippen molar-refractivity contribution in [2.75, 3.05) is 6.54 Å². The van der Waals surface area contributed by atoms with Crippen molar-refractivity contribution in [3.8, 4) is 11.3 Å². The number of aromatic nitrogens is 2. The Bertz CT molecular complexity index is 1080. The Labute approximate surface area is 180 Å². The fourth-order valence-corrected chi connectivity index (χ4v) is 3.53. The maximum absolute atomic E-state index is 14.7. The normalized spacial score (nSPS) is 12.6. The molecule has 0 saturated heterocycles. The predicted octanol–water partition coefficient (Wildman–Crippen LogP) is 4.20. The zero-order valence-corrected chi connectivity index (χ0v) is 17.1. The van der Waals surface area contributed by atoms with E-state index >= 15 is 0 Å². The Balaban J connectivity index is 1.79. The lowest BCUT2D eigenvalue weighted by Gasteiger charge is -2.20. The number of nitrogens with two attached hydrogens (primary N) is 1. The lowest BCUT2D eigenvalue weighted by Crippen LogP contribution is -2.42. The molecule has 0 unspecified atom stereocenters. The topological polar surface area (TPSA) is 72.9 Å². The summed E-state index contributed by atoms with van der Waals surface area (Å²) < 4.78 is 55.7. The van der Waals surface area contributed by atoms with Crippen molar-refractivity contribution in [1.29, 1.82) is 0 Å². The van der Waals surface area contributed by atoms with Crippen LogP contribution in [0.1, 0.15) is 21.5 Å². The minimum Gasteiger partial charge on any atom is -0.348 e. The van der Waals surface area contributed by atoms with Crippen LogP contribution in [0.15, 0.2) is 48.7 Å². The first-order valence-electron chi connectivity index (χ1n) is 9.25. The minimum atomic E-state index is -4.52. The van der Waals surface area contributed by atoms with Crippen LogP contribution in [0.25, 0.3) is 11.3 Å². The van der Waals surface area contributed by atoms with E-state index in [0.717, 1.165) is 12.1 Å². The van der Waals surface area contributed by atoms with E-state index in [9.17, 15) is 22.4 Å². The third kappa shape index (κ3) is 5.05. The second kappa shape index (κ2) is 9.07. The monoisotopic (exact) mass is 454 g/mol. The van der Waals surface area contributed by atoms with E-state index in [1.807, 2.05) is 0 Å². The zero-order valence-electron chi connectivity index (χ0n) is 16.4. The molecule has 5 nitrogen and oxygen atoms in total. The van der Waals surface area contributed by atoms with E-state index in [4.69, 9.17) is 17.3 Å². The maximum Gasteiger partial charge on any atom is 0.416 e. The number of nitrogens with one attached hydrogen (secondary N) is 1. The van der Waals surface area contributed by atoms with Crippen LogP contribution < -0.4 is 11.1 Å². The number of alkyl halides is 3. The Morgan fingerprint density at radius 2 is 1.97 bits per heavy atom. The highest BCUT2D eigenvalue weighted by atomic mass is 35.5. The number of nitrogens with zero attached hydrogens (tertiary/aromatic N) is 2. The molecule has 0 aliphatic carbocycles. The van der Waals surface area contributed by atoms with Crippen molar-refractivity contribution in [1.82, 2.24) is 15.1 Å². The van der Waals surface area contributed by atoms with Gasteiger partial charge in [-0.1, -0.05) is 29.8 Å². The molecule has 1 amide bonds. The molecule has 31 heavy (non-hydrogen) atoms. The first-order chi connectivity index (χ1) is 14.6. The maximum atomic E-state index is 14.7. The van der Waals surface area contributed by atoms with E-state index in [2.05, 4.69) is 10.4 Å². The van der Waals surface area contributed by atoms with Crippen LogP contribution in [0.5, 0.6) is 0 Å². The molecule has 0 fully saturated rings. The molecule has 0 aliphatic rings. The number of amides is 1. The number of benzene rings is 2. The average Bonchev–Trinajstić information content (AvgIpc) is 3.05. The van der Waals surface area contributed by atoms with Crippen LogP contribution in [0, 0.1) is 5.82 Å². The van der Waals surface area contributed by atoms with Gasteiger partial charge < -0.3 is 11.1 Å². The molecule has 0 aliphatic heterocycles. The summed E-state index contributed by atoms with van der Waals surface area (Å²) in [6.45, 7) is -0.0941. The first-order valence-corrected chi connectivity index (χ1v) is 9.63. The summed E-state index contributed by atoms with van der Waals surface area (Å²) in [4.78, 5) is 12.6. The largest absolute Gasteiger partial charge is 0.416 e. The highest BCUT2D eigenvalue weighted by Crippen LogP contribution is 2.32. The van der Waals surface area contributed by atoms with Crippen molar-refractivity contribution in [3.05, 3.63) is 76.2 Å². The third-order valence-corrected chi connectivity index (χ3v) is 5.07. The van der Waals surface area contributed by atoms with Crippen molar-refractivity contribution in [2.45, 2.75) is 18.6 Å². The number of hydrogen-bond acceptors (Lipinski definition) is 3. The standard InChI is InChI=1S/C21H19ClF4N4O/c1-30-19(17(22)11-28-30)15-7-6-13(9-18(15)23)20(31)29-14(10-27)8-12-4-2-3-5-16(12)21(24,25)26/h2-7,9,11,14H,8,10,27H2,1H3,(H,29,31)/t14-/m0/s1. The molecule has 1 aromatic heterocycles. The molecule has 0 radical (unpaired) electrons. The lowest BCUT2D eigenvalue weighted by atomic mass is 9.99. The highest BCUT2D eigenvalue weighted by Gasteiger charge is 2.33. The molecule has 3 aromatic rings. The molecule has 10 heteroatoms. The van der Waals surface area contributed by atoms with Gasteiger partial charge in [-0.05, 0) is 36.2 Å². The smallest absolute Gasteiger partial charge is 0.348 e.